The van der Waals surface area contributed by atoms with Crippen LogP contribution < -0.4 is 0 Å². The van der Waals surface area contributed by atoms with E-state index in [-0.39, 0.29) is 25.4 Å². The molecule has 84 valence electrons. The molecule has 2 atom stereocenters. The molecule has 1 fully saturated rings. The average molecular weight is 212 g/mol. The highest BCUT2D eigenvalue weighted by molar-refractivity contribution is 4.92. The van der Waals surface area contributed by atoms with Crippen molar-refractivity contribution in [3.05, 3.63) is 0 Å². The smallest absolute Gasteiger partial charge is 0.380 e. The Morgan fingerprint density at radius 2 is 2.00 bits per heavy atom. The highest BCUT2D eigenvalue weighted by Crippen LogP contribution is 2.40. The van der Waals surface area contributed by atoms with Gasteiger partial charge in [0.25, 0.3) is 0 Å². The van der Waals surface area contributed by atoms with Crippen molar-refractivity contribution in [3.8, 4) is 0 Å². The van der Waals surface area contributed by atoms with Crippen molar-refractivity contribution in [2.24, 2.45) is 5.92 Å². The van der Waals surface area contributed by atoms with Crippen LogP contribution in [0.4, 0.5) is 13.2 Å². The fraction of sp³-hybridized carbons (Fsp3) is 1.00. The average Bonchev–Trinajstić information content (AvgIpc) is 2.02. The summed E-state index contributed by atoms with van der Waals surface area (Å²) in [5, 5.41) is 9.42. The molecule has 0 aliphatic carbocycles. The summed E-state index contributed by atoms with van der Waals surface area (Å²) in [5.41, 5.74) is -2.56. The van der Waals surface area contributed by atoms with E-state index >= 15 is 0 Å². The summed E-state index contributed by atoms with van der Waals surface area (Å²) in [7, 11) is 0. The maximum absolute atomic E-state index is 12.5. The van der Waals surface area contributed by atoms with Crippen molar-refractivity contribution in [2.45, 2.75) is 44.6 Å². The predicted octanol–water partition coefficient (Wildman–Crippen LogP) is 2.11. The summed E-state index contributed by atoms with van der Waals surface area (Å²) in [4.78, 5) is 0. The van der Waals surface area contributed by atoms with Crippen LogP contribution in [-0.4, -0.2) is 29.6 Å². The van der Waals surface area contributed by atoms with Gasteiger partial charge in [-0.25, -0.2) is 0 Å². The Bertz CT molecular complexity index is 203. The first-order chi connectivity index (χ1) is 6.26. The summed E-state index contributed by atoms with van der Waals surface area (Å²) >= 11 is 0. The van der Waals surface area contributed by atoms with Crippen LogP contribution in [-0.2, 0) is 4.74 Å². The normalized spacial score (nSPS) is 34.9. The second-order valence-electron chi connectivity index (χ2n) is 4.14. The Hall–Kier alpha value is -0.290. The molecule has 0 bridgehead atoms. The molecule has 1 rings (SSSR count). The largest absolute Gasteiger partial charge is 0.417 e. The summed E-state index contributed by atoms with van der Waals surface area (Å²) in [6.45, 7) is 3.54. The molecule has 0 aromatic rings. The molecule has 2 unspecified atom stereocenters. The third-order valence-corrected chi connectivity index (χ3v) is 2.66. The van der Waals surface area contributed by atoms with E-state index < -0.39 is 17.9 Å². The lowest BCUT2D eigenvalue weighted by molar-refractivity contribution is -0.290. The summed E-state index contributed by atoms with van der Waals surface area (Å²) in [6.07, 6.45) is -5.77. The van der Waals surface area contributed by atoms with Gasteiger partial charge in [-0.05, 0) is 5.92 Å². The maximum atomic E-state index is 12.5. The standard InChI is InChI=1S/C9H15F3O2/c1-6(2)7-5-8(13,3-4-14-7)9(10,11)12/h6-7,13H,3-5H2,1-2H3. The van der Waals surface area contributed by atoms with Gasteiger partial charge in [-0.15, -0.1) is 0 Å². The quantitative estimate of drug-likeness (QED) is 0.721. The monoisotopic (exact) mass is 212 g/mol. The molecule has 5 heteroatoms. The number of hydrogen-bond acceptors (Lipinski definition) is 2. The van der Waals surface area contributed by atoms with Gasteiger partial charge in [-0.1, -0.05) is 13.8 Å². The van der Waals surface area contributed by atoms with Gasteiger partial charge in [0.05, 0.1) is 12.7 Å². The molecule has 1 N–H and O–H groups in total. The van der Waals surface area contributed by atoms with Gasteiger partial charge >= 0.3 is 6.18 Å². The van der Waals surface area contributed by atoms with E-state index in [1.165, 1.54) is 0 Å². The molecular weight excluding hydrogens is 197 g/mol. The molecule has 0 aromatic heterocycles. The molecule has 0 amide bonds. The van der Waals surface area contributed by atoms with Crippen molar-refractivity contribution in [3.63, 3.8) is 0 Å². The maximum Gasteiger partial charge on any atom is 0.417 e. The van der Waals surface area contributed by atoms with Crippen molar-refractivity contribution in [1.29, 1.82) is 0 Å². The first-order valence-corrected chi connectivity index (χ1v) is 4.67. The van der Waals surface area contributed by atoms with Gasteiger partial charge in [0.2, 0.25) is 0 Å². The molecule has 0 spiro atoms. The predicted molar refractivity (Wildman–Crippen MR) is 44.8 cm³/mol. The van der Waals surface area contributed by atoms with Crippen LogP contribution in [0.3, 0.4) is 0 Å². The van der Waals surface area contributed by atoms with Gasteiger partial charge in [0.1, 0.15) is 0 Å². The lowest BCUT2D eigenvalue weighted by Crippen LogP contribution is -2.52. The molecule has 0 radical (unpaired) electrons. The zero-order chi connectivity index (χ0) is 11.0. The Morgan fingerprint density at radius 3 is 2.43 bits per heavy atom. The van der Waals surface area contributed by atoms with E-state index in [1.807, 2.05) is 0 Å². The topological polar surface area (TPSA) is 29.5 Å². The minimum atomic E-state index is -4.55. The number of aliphatic hydroxyl groups is 1. The number of rotatable bonds is 1. The van der Waals surface area contributed by atoms with Gasteiger partial charge in [0, 0.05) is 12.8 Å². The summed E-state index contributed by atoms with van der Waals surface area (Å²) in [6, 6.07) is 0. The number of hydrogen-bond donors (Lipinski definition) is 1. The van der Waals surface area contributed by atoms with Crippen LogP contribution >= 0.6 is 0 Å². The van der Waals surface area contributed by atoms with E-state index in [9.17, 15) is 18.3 Å². The number of ether oxygens (including phenoxy) is 1. The van der Waals surface area contributed by atoms with Crippen LogP contribution in [0.15, 0.2) is 0 Å². The molecule has 1 aliphatic heterocycles. The molecule has 0 aromatic carbocycles. The highest BCUT2D eigenvalue weighted by Gasteiger charge is 2.56. The second-order valence-corrected chi connectivity index (χ2v) is 4.14. The Balaban J connectivity index is 2.72. The zero-order valence-electron chi connectivity index (χ0n) is 8.27. The molecule has 1 heterocycles. The first kappa shape index (κ1) is 11.8. The van der Waals surface area contributed by atoms with Crippen LogP contribution in [0, 0.1) is 5.92 Å². The lowest BCUT2D eigenvalue weighted by atomic mass is 9.86. The molecule has 2 nitrogen and oxygen atoms in total. The molecule has 14 heavy (non-hydrogen) atoms. The minimum Gasteiger partial charge on any atom is -0.380 e. The highest BCUT2D eigenvalue weighted by atomic mass is 19.4. The zero-order valence-corrected chi connectivity index (χ0v) is 8.27. The summed E-state index contributed by atoms with van der Waals surface area (Å²) in [5.74, 6) is -0.0100. The van der Waals surface area contributed by atoms with Crippen molar-refractivity contribution < 1.29 is 23.0 Å². The van der Waals surface area contributed by atoms with E-state index in [0.717, 1.165) is 0 Å². The molecular formula is C9H15F3O2. The van der Waals surface area contributed by atoms with E-state index in [2.05, 4.69) is 0 Å². The van der Waals surface area contributed by atoms with Crippen LogP contribution in [0.2, 0.25) is 0 Å². The van der Waals surface area contributed by atoms with Crippen LogP contribution in [0.5, 0.6) is 0 Å². The third kappa shape index (κ3) is 2.20. The summed E-state index contributed by atoms with van der Waals surface area (Å²) < 4.78 is 42.5. The van der Waals surface area contributed by atoms with E-state index in [1.54, 1.807) is 13.8 Å². The van der Waals surface area contributed by atoms with Gasteiger partial charge in [-0.2, -0.15) is 13.2 Å². The fourth-order valence-corrected chi connectivity index (χ4v) is 1.56. The Morgan fingerprint density at radius 1 is 1.43 bits per heavy atom. The molecule has 1 saturated heterocycles. The fourth-order valence-electron chi connectivity index (χ4n) is 1.56. The minimum absolute atomic E-state index is 0.0100. The van der Waals surface area contributed by atoms with Gasteiger partial charge < -0.3 is 9.84 Å². The van der Waals surface area contributed by atoms with E-state index in [0.29, 0.717) is 0 Å². The number of alkyl halides is 3. The van der Waals surface area contributed by atoms with E-state index in [4.69, 9.17) is 4.74 Å². The van der Waals surface area contributed by atoms with Crippen molar-refractivity contribution in [2.75, 3.05) is 6.61 Å². The Kier molecular flexibility index (Phi) is 3.11. The molecule has 0 saturated carbocycles. The lowest BCUT2D eigenvalue weighted by Gasteiger charge is -2.39. The van der Waals surface area contributed by atoms with Gasteiger partial charge in [0.15, 0.2) is 5.60 Å². The van der Waals surface area contributed by atoms with Crippen molar-refractivity contribution >= 4 is 0 Å². The SMILES string of the molecule is CC(C)C1CC(O)(C(F)(F)F)CCO1. The Labute approximate surface area is 81.1 Å². The molecule has 1 aliphatic rings. The van der Waals surface area contributed by atoms with Crippen molar-refractivity contribution in [1.82, 2.24) is 0 Å². The second kappa shape index (κ2) is 3.70. The van der Waals surface area contributed by atoms with Crippen LogP contribution in [0.1, 0.15) is 26.7 Å². The van der Waals surface area contributed by atoms with Gasteiger partial charge in [-0.3, -0.25) is 0 Å². The third-order valence-electron chi connectivity index (χ3n) is 2.66. The number of halogens is 3. The first-order valence-electron chi connectivity index (χ1n) is 4.67. The van der Waals surface area contributed by atoms with Crippen LogP contribution in [0.25, 0.3) is 0 Å².